The first kappa shape index (κ1) is 21.8. The van der Waals surface area contributed by atoms with Crippen molar-refractivity contribution in [2.75, 3.05) is 19.3 Å². The number of carbonyl (C=O) groups is 1. The Labute approximate surface area is 178 Å². The molecule has 7 heteroatoms. The van der Waals surface area contributed by atoms with Crippen LogP contribution in [-0.4, -0.2) is 38.6 Å². The van der Waals surface area contributed by atoms with Gasteiger partial charge in [-0.05, 0) is 55.6 Å². The lowest BCUT2D eigenvalue weighted by atomic mass is 9.96. The number of amides is 1. The summed E-state index contributed by atoms with van der Waals surface area (Å²) in [7, 11) is -3.22. The lowest BCUT2D eigenvalue weighted by molar-refractivity contribution is -0.127. The molecule has 0 bridgehead atoms. The summed E-state index contributed by atoms with van der Waals surface area (Å²) in [5, 5.41) is 3.83. The van der Waals surface area contributed by atoms with Gasteiger partial charge >= 0.3 is 0 Å². The van der Waals surface area contributed by atoms with Gasteiger partial charge in [0.05, 0.1) is 16.9 Å². The van der Waals surface area contributed by atoms with Gasteiger partial charge in [0.15, 0.2) is 9.84 Å². The van der Waals surface area contributed by atoms with E-state index in [1.54, 1.807) is 24.3 Å². The van der Waals surface area contributed by atoms with Gasteiger partial charge in [-0.2, -0.15) is 0 Å². The normalized spacial score (nSPS) is 18.9. The molecule has 0 radical (unpaired) electrons. The first-order valence-electron chi connectivity index (χ1n) is 9.80. The molecule has 1 heterocycles. The third-order valence-corrected chi connectivity index (χ3v) is 6.89. The lowest BCUT2D eigenvalue weighted by Crippen LogP contribution is -2.43. The summed E-state index contributed by atoms with van der Waals surface area (Å²) in [6, 6.07) is 14.3. The van der Waals surface area contributed by atoms with Crippen molar-refractivity contribution in [2.24, 2.45) is 5.92 Å². The van der Waals surface area contributed by atoms with Crippen molar-refractivity contribution in [1.29, 1.82) is 0 Å². The van der Waals surface area contributed by atoms with E-state index in [0.29, 0.717) is 6.54 Å². The quantitative estimate of drug-likeness (QED) is 0.750. The average molecular weight is 435 g/mol. The minimum absolute atomic E-state index is 0.0357. The molecule has 1 aliphatic heterocycles. The van der Waals surface area contributed by atoms with E-state index >= 15 is 0 Å². The van der Waals surface area contributed by atoms with Crippen LogP contribution in [0.5, 0.6) is 0 Å². The van der Waals surface area contributed by atoms with Gasteiger partial charge in [0.1, 0.15) is 0 Å². The number of hydrogen-bond donors (Lipinski definition) is 1. The molecule has 1 N–H and O–H groups in total. The molecule has 2 atom stereocenters. The van der Waals surface area contributed by atoms with E-state index in [1.807, 2.05) is 31.2 Å². The molecule has 0 aliphatic carbocycles. The number of likely N-dealkylation sites (tertiary alicyclic amines) is 1. The van der Waals surface area contributed by atoms with Gasteiger partial charge in [-0.3, -0.25) is 9.69 Å². The third-order valence-electron chi connectivity index (χ3n) is 5.40. The number of benzene rings is 2. The van der Waals surface area contributed by atoms with Crippen LogP contribution in [0.15, 0.2) is 53.4 Å². The van der Waals surface area contributed by atoms with Crippen molar-refractivity contribution in [2.45, 2.75) is 37.2 Å². The Morgan fingerprint density at radius 1 is 1.21 bits per heavy atom. The molecule has 29 heavy (non-hydrogen) atoms. The van der Waals surface area contributed by atoms with E-state index < -0.39 is 9.84 Å². The molecule has 1 aliphatic rings. The lowest BCUT2D eigenvalue weighted by Gasteiger charge is -2.32. The number of nitrogens with one attached hydrogen (secondary N) is 1. The van der Waals surface area contributed by atoms with Crippen molar-refractivity contribution < 1.29 is 13.2 Å². The topological polar surface area (TPSA) is 66.5 Å². The molecule has 5 nitrogen and oxygen atoms in total. The van der Waals surface area contributed by atoms with E-state index in [-0.39, 0.29) is 22.8 Å². The number of halogens is 1. The molecule has 2 aromatic carbocycles. The Bertz CT molecular complexity index is 960. The van der Waals surface area contributed by atoms with Crippen molar-refractivity contribution in [1.82, 2.24) is 10.2 Å². The van der Waals surface area contributed by atoms with Gasteiger partial charge in [0.25, 0.3) is 0 Å². The maximum absolute atomic E-state index is 12.8. The Hall–Kier alpha value is -1.89. The predicted octanol–water partition coefficient (Wildman–Crippen LogP) is 3.83. The van der Waals surface area contributed by atoms with Gasteiger partial charge in [0, 0.05) is 24.4 Å². The van der Waals surface area contributed by atoms with E-state index in [1.165, 1.54) is 6.26 Å². The zero-order chi connectivity index (χ0) is 21.0. The summed E-state index contributed by atoms with van der Waals surface area (Å²) in [5.41, 5.74) is 1.96. The summed E-state index contributed by atoms with van der Waals surface area (Å²) in [6.45, 7) is 4.32. The first-order chi connectivity index (χ1) is 13.7. The second kappa shape index (κ2) is 9.28. The van der Waals surface area contributed by atoms with E-state index in [4.69, 9.17) is 11.6 Å². The predicted molar refractivity (Wildman–Crippen MR) is 116 cm³/mol. The van der Waals surface area contributed by atoms with Crippen molar-refractivity contribution >= 4 is 27.3 Å². The average Bonchev–Trinajstić information content (AvgIpc) is 2.69. The minimum atomic E-state index is -3.22. The molecule has 1 saturated heterocycles. The van der Waals surface area contributed by atoms with Crippen LogP contribution in [0.25, 0.3) is 0 Å². The molecule has 0 saturated carbocycles. The molecule has 156 valence electrons. The molecule has 1 amide bonds. The summed E-state index contributed by atoms with van der Waals surface area (Å²) in [6.07, 6.45) is 3.02. The smallest absolute Gasteiger partial charge is 0.224 e. The molecule has 2 unspecified atom stereocenters. The van der Waals surface area contributed by atoms with E-state index in [2.05, 4.69) is 10.2 Å². The van der Waals surface area contributed by atoms with Crippen LogP contribution < -0.4 is 5.32 Å². The fraction of sp³-hybridized carbons (Fsp3) is 0.409. The van der Waals surface area contributed by atoms with Crippen LogP contribution in [0.4, 0.5) is 0 Å². The highest BCUT2D eigenvalue weighted by Crippen LogP contribution is 2.23. The molecular weight excluding hydrogens is 408 g/mol. The molecule has 0 spiro atoms. The summed E-state index contributed by atoms with van der Waals surface area (Å²) < 4.78 is 23.2. The Kier molecular flexibility index (Phi) is 6.98. The van der Waals surface area contributed by atoms with Crippen molar-refractivity contribution in [3.05, 3.63) is 64.7 Å². The number of rotatable bonds is 6. The number of carbonyl (C=O) groups excluding carboxylic acids is 1. The largest absolute Gasteiger partial charge is 0.349 e. The zero-order valence-corrected chi connectivity index (χ0v) is 18.3. The van der Waals surface area contributed by atoms with Crippen LogP contribution in [0, 0.1) is 5.92 Å². The maximum Gasteiger partial charge on any atom is 0.224 e. The molecule has 3 rings (SSSR count). The number of nitrogens with zero attached hydrogens (tertiary/aromatic N) is 1. The number of piperidine rings is 1. The Morgan fingerprint density at radius 2 is 1.90 bits per heavy atom. The Balaban J connectivity index is 1.59. The zero-order valence-electron chi connectivity index (χ0n) is 16.8. The summed E-state index contributed by atoms with van der Waals surface area (Å²) in [4.78, 5) is 15.4. The standard InChI is InChI=1S/C22H27ClN2O3S/c1-16(17-9-11-20(12-10-17)29(2,27)28)24-22(26)19-7-5-13-25(15-19)14-18-6-3-4-8-21(18)23/h3-4,6,8-12,16,19H,5,7,13-15H2,1-2H3,(H,24,26). The SMILES string of the molecule is CC(NC(=O)C1CCCN(Cc2ccccc2Cl)C1)c1ccc(S(C)(=O)=O)cc1. The molecule has 2 aromatic rings. The van der Waals surface area contributed by atoms with Crippen LogP contribution >= 0.6 is 11.6 Å². The highest BCUT2D eigenvalue weighted by atomic mass is 35.5. The Morgan fingerprint density at radius 3 is 2.55 bits per heavy atom. The van der Waals surface area contributed by atoms with Crippen molar-refractivity contribution in [3.8, 4) is 0 Å². The van der Waals surface area contributed by atoms with Gasteiger partial charge in [-0.25, -0.2) is 8.42 Å². The van der Waals surface area contributed by atoms with Gasteiger partial charge in [-0.15, -0.1) is 0 Å². The second-order valence-electron chi connectivity index (χ2n) is 7.74. The summed E-state index contributed by atoms with van der Waals surface area (Å²) in [5.74, 6) is -0.0301. The summed E-state index contributed by atoms with van der Waals surface area (Å²) >= 11 is 6.27. The number of sulfone groups is 1. The second-order valence-corrected chi connectivity index (χ2v) is 10.2. The fourth-order valence-corrected chi connectivity index (χ4v) is 4.52. The van der Waals surface area contributed by atoms with Gasteiger partial charge in [-0.1, -0.05) is 41.9 Å². The molecular formula is C22H27ClN2O3S. The molecule has 1 fully saturated rings. The van der Waals surface area contributed by atoms with Gasteiger partial charge < -0.3 is 5.32 Å². The third kappa shape index (κ3) is 5.81. The van der Waals surface area contributed by atoms with Gasteiger partial charge in [0.2, 0.25) is 5.91 Å². The van der Waals surface area contributed by atoms with Crippen LogP contribution in [-0.2, 0) is 21.2 Å². The highest BCUT2D eigenvalue weighted by Gasteiger charge is 2.27. The minimum Gasteiger partial charge on any atom is -0.349 e. The number of hydrogen-bond acceptors (Lipinski definition) is 4. The maximum atomic E-state index is 12.8. The van der Waals surface area contributed by atoms with Crippen LogP contribution in [0.1, 0.15) is 36.9 Å². The van der Waals surface area contributed by atoms with Crippen LogP contribution in [0.2, 0.25) is 5.02 Å². The highest BCUT2D eigenvalue weighted by molar-refractivity contribution is 7.90. The fourth-order valence-electron chi connectivity index (χ4n) is 3.70. The van der Waals surface area contributed by atoms with E-state index in [9.17, 15) is 13.2 Å². The van der Waals surface area contributed by atoms with E-state index in [0.717, 1.165) is 42.1 Å². The molecule has 0 aromatic heterocycles. The first-order valence-corrected chi connectivity index (χ1v) is 12.1. The monoisotopic (exact) mass is 434 g/mol. The van der Waals surface area contributed by atoms with Crippen LogP contribution in [0.3, 0.4) is 0 Å². The van der Waals surface area contributed by atoms with Crippen molar-refractivity contribution in [3.63, 3.8) is 0 Å².